The van der Waals surface area contributed by atoms with Gasteiger partial charge in [-0.15, -0.1) is 0 Å². The Balaban J connectivity index is 1.41. The summed E-state index contributed by atoms with van der Waals surface area (Å²) in [5.41, 5.74) is 0. The van der Waals surface area contributed by atoms with E-state index in [0.29, 0.717) is 32.6 Å². The molecule has 0 radical (unpaired) electrons. The number of carbonyl (C=O) groups excluding carboxylic acids is 3. The maximum atomic E-state index is 12.9. The second-order valence-corrected chi connectivity index (χ2v) is 6.91. The number of aliphatic carboxylic acids is 1. The van der Waals surface area contributed by atoms with Crippen molar-refractivity contribution in [1.82, 2.24) is 9.80 Å². The van der Waals surface area contributed by atoms with Crippen LogP contribution < -0.4 is 5.11 Å². The molecule has 25 heavy (non-hydrogen) atoms. The van der Waals surface area contributed by atoms with Gasteiger partial charge < -0.3 is 24.1 Å². The molecule has 132 valence electrons. The van der Waals surface area contributed by atoms with E-state index in [9.17, 15) is 19.5 Å². The first kappa shape index (κ1) is 15.9. The molecule has 1 saturated heterocycles. The van der Waals surface area contributed by atoms with E-state index in [1.807, 2.05) is 12.2 Å². The van der Waals surface area contributed by atoms with E-state index in [1.54, 1.807) is 21.9 Å². The van der Waals surface area contributed by atoms with Crippen LogP contribution >= 0.6 is 0 Å². The zero-order valence-corrected chi connectivity index (χ0v) is 13.7. The molecular formula is C18H19N2O5-. The molecule has 4 atom stereocenters. The molecule has 2 bridgehead atoms. The molecule has 1 aliphatic heterocycles. The molecule has 4 rings (SSSR count). The van der Waals surface area contributed by atoms with Gasteiger partial charge in [-0.1, -0.05) is 12.2 Å². The van der Waals surface area contributed by atoms with Crippen LogP contribution in [0.1, 0.15) is 17.0 Å². The fourth-order valence-corrected chi connectivity index (χ4v) is 4.38. The van der Waals surface area contributed by atoms with Gasteiger partial charge in [0.25, 0.3) is 5.91 Å². The first-order valence-corrected chi connectivity index (χ1v) is 8.57. The Kier molecular flexibility index (Phi) is 3.86. The number of hydrogen-bond acceptors (Lipinski definition) is 5. The average Bonchev–Trinajstić information content (AvgIpc) is 3.36. The van der Waals surface area contributed by atoms with Crippen molar-refractivity contribution >= 4 is 17.8 Å². The second-order valence-electron chi connectivity index (χ2n) is 6.91. The van der Waals surface area contributed by atoms with Crippen LogP contribution in [0.5, 0.6) is 0 Å². The third-order valence-electron chi connectivity index (χ3n) is 5.63. The Morgan fingerprint density at radius 3 is 2.24 bits per heavy atom. The van der Waals surface area contributed by atoms with Gasteiger partial charge in [0.15, 0.2) is 5.76 Å². The molecule has 0 spiro atoms. The van der Waals surface area contributed by atoms with Gasteiger partial charge in [-0.3, -0.25) is 9.59 Å². The summed E-state index contributed by atoms with van der Waals surface area (Å²) in [4.78, 5) is 40.0. The number of carbonyl (C=O) groups is 3. The highest BCUT2D eigenvalue weighted by Crippen LogP contribution is 2.48. The summed E-state index contributed by atoms with van der Waals surface area (Å²) in [6.07, 6.45) is 6.03. The van der Waals surface area contributed by atoms with Crippen molar-refractivity contribution < 1.29 is 23.9 Å². The molecule has 2 heterocycles. The van der Waals surface area contributed by atoms with E-state index in [1.165, 1.54) is 6.26 Å². The summed E-state index contributed by atoms with van der Waals surface area (Å²) in [6, 6.07) is 3.28. The van der Waals surface area contributed by atoms with Crippen molar-refractivity contribution in [2.45, 2.75) is 6.42 Å². The summed E-state index contributed by atoms with van der Waals surface area (Å²) in [6.45, 7) is 1.64. The number of amides is 2. The number of rotatable bonds is 3. The first-order chi connectivity index (χ1) is 12.1. The third kappa shape index (κ3) is 2.63. The van der Waals surface area contributed by atoms with Gasteiger partial charge in [-0.25, -0.2) is 0 Å². The van der Waals surface area contributed by atoms with Crippen LogP contribution in [0.15, 0.2) is 35.0 Å². The van der Waals surface area contributed by atoms with Crippen LogP contribution in [0, 0.1) is 23.7 Å². The fraction of sp³-hybridized carbons (Fsp3) is 0.500. The van der Waals surface area contributed by atoms with Gasteiger partial charge in [0.05, 0.1) is 12.2 Å². The number of carboxylic acid groups (broad SMARTS) is 1. The Morgan fingerprint density at radius 2 is 1.64 bits per heavy atom. The van der Waals surface area contributed by atoms with Crippen molar-refractivity contribution in [3.63, 3.8) is 0 Å². The number of furan rings is 1. The van der Waals surface area contributed by atoms with E-state index in [4.69, 9.17) is 4.42 Å². The van der Waals surface area contributed by atoms with Gasteiger partial charge in [0.2, 0.25) is 5.91 Å². The van der Waals surface area contributed by atoms with Gasteiger partial charge in [-0.2, -0.15) is 0 Å². The second kappa shape index (κ2) is 6.06. The summed E-state index contributed by atoms with van der Waals surface area (Å²) >= 11 is 0. The largest absolute Gasteiger partial charge is 0.550 e. The molecule has 2 aliphatic carbocycles. The van der Waals surface area contributed by atoms with Crippen LogP contribution in [-0.4, -0.2) is 53.8 Å². The van der Waals surface area contributed by atoms with Gasteiger partial charge in [0.1, 0.15) is 0 Å². The van der Waals surface area contributed by atoms with E-state index < -0.39 is 17.8 Å². The minimum Gasteiger partial charge on any atom is -0.550 e. The quantitative estimate of drug-likeness (QED) is 0.706. The summed E-state index contributed by atoms with van der Waals surface area (Å²) < 4.78 is 5.13. The van der Waals surface area contributed by atoms with Crippen molar-refractivity contribution in [3.05, 3.63) is 36.3 Å². The minimum absolute atomic E-state index is 0.0109. The van der Waals surface area contributed by atoms with E-state index in [0.717, 1.165) is 0 Å². The lowest BCUT2D eigenvalue weighted by Gasteiger charge is -2.38. The monoisotopic (exact) mass is 343 g/mol. The highest BCUT2D eigenvalue weighted by molar-refractivity contribution is 5.92. The number of piperazine rings is 1. The number of hydrogen-bond donors (Lipinski definition) is 0. The lowest BCUT2D eigenvalue weighted by atomic mass is 9.82. The Labute approximate surface area is 144 Å². The summed E-state index contributed by atoms with van der Waals surface area (Å²) in [5.74, 6) is -2.54. The molecule has 2 amide bonds. The number of nitrogens with zero attached hydrogens (tertiary/aromatic N) is 2. The van der Waals surface area contributed by atoms with Crippen LogP contribution in [0.3, 0.4) is 0 Å². The van der Waals surface area contributed by atoms with Crippen molar-refractivity contribution in [1.29, 1.82) is 0 Å². The molecule has 1 saturated carbocycles. The van der Waals surface area contributed by atoms with E-state index >= 15 is 0 Å². The molecule has 7 nitrogen and oxygen atoms in total. The molecule has 0 aromatic carbocycles. The summed E-state index contributed by atoms with van der Waals surface area (Å²) in [5, 5.41) is 11.5. The van der Waals surface area contributed by atoms with Crippen molar-refractivity contribution in [2.75, 3.05) is 26.2 Å². The fourth-order valence-electron chi connectivity index (χ4n) is 4.38. The molecule has 0 N–H and O–H groups in total. The standard InChI is InChI=1S/C18H20N2O5/c21-16(13-2-1-9-25-13)19-5-7-20(8-6-19)17(22)14-11-3-4-12(10-11)15(14)18(23)24/h1-4,9,11-12,14-15H,5-8,10H2,(H,23,24)/p-1/t11-,12-,14-,15+/m1/s1. The minimum atomic E-state index is -1.14. The number of carboxylic acids is 1. The Bertz CT molecular complexity index is 718. The van der Waals surface area contributed by atoms with E-state index in [2.05, 4.69) is 0 Å². The maximum absolute atomic E-state index is 12.9. The molecule has 2 fully saturated rings. The Hall–Kier alpha value is -2.57. The molecule has 7 heteroatoms. The molecule has 3 aliphatic rings. The molecule has 1 aromatic heterocycles. The van der Waals surface area contributed by atoms with Gasteiger partial charge in [0, 0.05) is 38.1 Å². The number of allylic oxidation sites excluding steroid dienone is 2. The van der Waals surface area contributed by atoms with Crippen LogP contribution in [-0.2, 0) is 9.59 Å². The normalized spacial score (nSPS) is 30.7. The maximum Gasteiger partial charge on any atom is 0.289 e. The highest BCUT2D eigenvalue weighted by atomic mass is 16.4. The third-order valence-corrected chi connectivity index (χ3v) is 5.63. The zero-order valence-electron chi connectivity index (χ0n) is 13.7. The number of fused-ring (bicyclic) bond motifs is 2. The topological polar surface area (TPSA) is 93.9 Å². The van der Waals surface area contributed by atoms with Crippen molar-refractivity contribution in [3.8, 4) is 0 Å². The Morgan fingerprint density at radius 1 is 1.00 bits per heavy atom. The lowest BCUT2D eigenvalue weighted by molar-refractivity contribution is -0.313. The van der Waals surface area contributed by atoms with E-state index in [-0.39, 0.29) is 29.4 Å². The zero-order chi connectivity index (χ0) is 17.6. The van der Waals surface area contributed by atoms with Gasteiger partial charge >= 0.3 is 0 Å². The van der Waals surface area contributed by atoms with Gasteiger partial charge in [-0.05, 0) is 30.4 Å². The lowest BCUT2D eigenvalue weighted by Crippen LogP contribution is -2.54. The highest BCUT2D eigenvalue weighted by Gasteiger charge is 2.50. The predicted molar refractivity (Wildman–Crippen MR) is 83.9 cm³/mol. The summed E-state index contributed by atoms with van der Waals surface area (Å²) in [7, 11) is 0. The average molecular weight is 343 g/mol. The predicted octanol–water partition coefficient (Wildman–Crippen LogP) is -0.248. The van der Waals surface area contributed by atoms with Crippen LogP contribution in [0.4, 0.5) is 0 Å². The first-order valence-electron chi connectivity index (χ1n) is 8.57. The SMILES string of the molecule is O=C([O-])[C@@H]1[C@H](C(=O)N2CCN(C(=O)c3ccco3)CC2)[C@@H]2C=C[C@@H]1C2. The van der Waals surface area contributed by atoms with Crippen LogP contribution in [0.25, 0.3) is 0 Å². The molecule has 1 aromatic rings. The van der Waals surface area contributed by atoms with Crippen LogP contribution in [0.2, 0.25) is 0 Å². The van der Waals surface area contributed by atoms with Crippen molar-refractivity contribution in [2.24, 2.45) is 23.7 Å². The molecular weight excluding hydrogens is 324 g/mol. The smallest absolute Gasteiger partial charge is 0.289 e. The molecule has 0 unspecified atom stereocenters.